The maximum atomic E-state index is 11.9. The molecule has 0 bridgehead atoms. The molecule has 5 heteroatoms. The summed E-state index contributed by atoms with van der Waals surface area (Å²) in [4.78, 5) is 0.706. The Morgan fingerprint density at radius 1 is 1.33 bits per heavy atom. The molecule has 0 radical (unpaired) electrons. The lowest BCUT2D eigenvalue weighted by Crippen LogP contribution is -2.06. The van der Waals surface area contributed by atoms with Gasteiger partial charge in [0, 0.05) is 5.02 Å². The molecule has 1 aliphatic rings. The first-order valence-electron chi connectivity index (χ1n) is 4.51. The van der Waals surface area contributed by atoms with Crippen LogP contribution in [0.15, 0.2) is 28.0 Å². The van der Waals surface area contributed by atoms with Crippen LogP contribution >= 0.6 is 11.6 Å². The number of halogens is 1. The number of hydrogen-bond acceptors (Lipinski definition) is 3. The summed E-state index contributed by atoms with van der Waals surface area (Å²) in [7, 11) is -3.30. The lowest BCUT2D eigenvalue weighted by Gasteiger charge is -2.01. The second-order valence-corrected chi connectivity index (χ2v) is 5.74. The molecule has 0 aliphatic carbocycles. The zero-order valence-electron chi connectivity index (χ0n) is 7.90. The van der Waals surface area contributed by atoms with Crippen LogP contribution in [0.5, 0.6) is 0 Å². The molecule has 15 heavy (non-hydrogen) atoms. The molecule has 0 aromatic heterocycles. The molecule has 1 aromatic carbocycles. The standard InChI is InChI=1S/C10H10ClNO2S/c11-8-1-2-10-7(5-8)6-9(3-4-12)15(10,13)14/h1-2,5-6H,3-4,12H2. The van der Waals surface area contributed by atoms with E-state index < -0.39 is 9.84 Å². The Hall–Kier alpha value is -0.840. The fourth-order valence-electron chi connectivity index (χ4n) is 1.62. The summed E-state index contributed by atoms with van der Waals surface area (Å²) in [6.45, 7) is 0.326. The maximum absolute atomic E-state index is 11.9. The van der Waals surface area contributed by atoms with Crippen LogP contribution in [0.25, 0.3) is 6.08 Å². The summed E-state index contributed by atoms with van der Waals surface area (Å²) < 4.78 is 23.8. The van der Waals surface area contributed by atoms with Gasteiger partial charge in [0.15, 0.2) is 0 Å². The van der Waals surface area contributed by atoms with Crippen LogP contribution in [0.2, 0.25) is 5.02 Å². The highest BCUT2D eigenvalue weighted by Crippen LogP contribution is 2.35. The average molecular weight is 244 g/mol. The van der Waals surface area contributed by atoms with Crippen LogP contribution in [0.3, 0.4) is 0 Å². The molecule has 2 N–H and O–H groups in total. The zero-order chi connectivity index (χ0) is 11.1. The van der Waals surface area contributed by atoms with Crippen molar-refractivity contribution < 1.29 is 8.42 Å². The predicted octanol–water partition coefficient (Wildman–Crippen LogP) is 1.82. The highest BCUT2D eigenvalue weighted by Gasteiger charge is 2.28. The van der Waals surface area contributed by atoms with E-state index in [1.54, 1.807) is 18.2 Å². The predicted molar refractivity (Wildman–Crippen MR) is 60.3 cm³/mol. The van der Waals surface area contributed by atoms with E-state index in [4.69, 9.17) is 17.3 Å². The van der Waals surface area contributed by atoms with Gasteiger partial charge in [0.05, 0.1) is 9.80 Å². The molecule has 2 rings (SSSR count). The first-order valence-corrected chi connectivity index (χ1v) is 6.37. The van der Waals surface area contributed by atoms with Crippen molar-refractivity contribution >= 4 is 27.5 Å². The van der Waals surface area contributed by atoms with Crippen molar-refractivity contribution in [2.24, 2.45) is 5.73 Å². The van der Waals surface area contributed by atoms with Gasteiger partial charge in [-0.2, -0.15) is 0 Å². The van der Waals surface area contributed by atoms with Gasteiger partial charge in [-0.1, -0.05) is 11.6 Å². The van der Waals surface area contributed by atoms with Gasteiger partial charge in [-0.15, -0.1) is 0 Å². The number of benzene rings is 1. The van der Waals surface area contributed by atoms with Crippen LogP contribution in [0, 0.1) is 0 Å². The minimum Gasteiger partial charge on any atom is -0.330 e. The van der Waals surface area contributed by atoms with Crippen molar-refractivity contribution in [1.82, 2.24) is 0 Å². The number of sulfone groups is 1. The van der Waals surface area contributed by atoms with E-state index in [0.29, 0.717) is 33.4 Å². The van der Waals surface area contributed by atoms with E-state index >= 15 is 0 Å². The largest absolute Gasteiger partial charge is 0.330 e. The monoisotopic (exact) mass is 243 g/mol. The maximum Gasteiger partial charge on any atom is 0.203 e. The third-order valence-electron chi connectivity index (χ3n) is 2.31. The molecule has 1 aliphatic heterocycles. The van der Waals surface area contributed by atoms with E-state index in [-0.39, 0.29) is 0 Å². The second-order valence-electron chi connectivity index (χ2n) is 3.33. The lowest BCUT2D eigenvalue weighted by atomic mass is 10.2. The molecule has 0 saturated heterocycles. The highest BCUT2D eigenvalue weighted by molar-refractivity contribution is 7.95. The Kier molecular flexibility index (Phi) is 2.58. The van der Waals surface area contributed by atoms with E-state index in [9.17, 15) is 8.42 Å². The Balaban J connectivity index is 2.58. The van der Waals surface area contributed by atoms with Crippen molar-refractivity contribution in [2.75, 3.05) is 6.54 Å². The van der Waals surface area contributed by atoms with E-state index in [1.807, 2.05) is 0 Å². The fraction of sp³-hybridized carbons (Fsp3) is 0.200. The topological polar surface area (TPSA) is 60.2 Å². The Bertz CT molecular complexity index is 534. The van der Waals surface area contributed by atoms with E-state index in [1.165, 1.54) is 6.07 Å². The van der Waals surface area contributed by atoms with Gasteiger partial charge in [0.1, 0.15) is 0 Å². The molecular weight excluding hydrogens is 234 g/mol. The third kappa shape index (κ3) is 1.69. The van der Waals surface area contributed by atoms with Crippen molar-refractivity contribution in [3.63, 3.8) is 0 Å². The number of hydrogen-bond donors (Lipinski definition) is 1. The summed E-state index contributed by atoms with van der Waals surface area (Å²) >= 11 is 5.79. The molecule has 80 valence electrons. The molecule has 0 fully saturated rings. The quantitative estimate of drug-likeness (QED) is 0.862. The lowest BCUT2D eigenvalue weighted by molar-refractivity contribution is 0.601. The van der Waals surface area contributed by atoms with Gasteiger partial charge in [-0.25, -0.2) is 8.42 Å². The fourth-order valence-corrected chi connectivity index (χ4v) is 3.42. The van der Waals surface area contributed by atoms with E-state index in [2.05, 4.69) is 0 Å². The van der Waals surface area contributed by atoms with Gasteiger partial charge in [-0.05, 0) is 42.8 Å². The molecule has 3 nitrogen and oxygen atoms in total. The van der Waals surface area contributed by atoms with Gasteiger partial charge < -0.3 is 5.73 Å². The smallest absolute Gasteiger partial charge is 0.203 e. The van der Waals surface area contributed by atoms with E-state index in [0.717, 1.165) is 0 Å². The van der Waals surface area contributed by atoms with Crippen molar-refractivity contribution in [2.45, 2.75) is 11.3 Å². The van der Waals surface area contributed by atoms with Crippen molar-refractivity contribution in [1.29, 1.82) is 0 Å². The first-order chi connectivity index (χ1) is 7.05. The van der Waals surface area contributed by atoms with Crippen molar-refractivity contribution in [3.8, 4) is 0 Å². The minimum atomic E-state index is -3.30. The summed E-state index contributed by atoms with van der Waals surface area (Å²) in [6.07, 6.45) is 2.01. The van der Waals surface area contributed by atoms with Crippen molar-refractivity contribution in [3.05, 3.63) is 33.7 Å². The molecule has 0 saturated carbocycles. The SMILES string of the molecule is NCCC1=Cc2cc(Cl)ccc2S1(=O)=O. The van der Waals surface area contributed by atoms with Crippen LogP contribution in [-0.2, 0) is 9.84 Å². The van der Waals surface area contributed by atoms with Gasteiger partial charge in [0.25, 0.3) is 0 Å². The molecule has 1 aromatic rings. The van der Waals surface area contributed by atoms with Crippen LogP contribution in [0.1, 0.15) is 12.0 Å². The number of fused-ring (bicyclic) bond motifs is 1. The molecular formula is C10H10ClNO2S. The highest BCUT2D eigenvalue weighted by atomic mass is 35.5. The normalized spacial score (nSPS) is 17.3. The minimum absolute atomic E-state index is 0.326. The molecule has 0 spiro atoms. The Morgan fingerprint density at radius 3 is 2.73 bits per heavy atom. The van der Waals surface area contributed by atoms with Crippen LogP contribution in [0.4, 0.5) is 0 Å². The van der Waals surface area contributed by atoms with Gasteiger partial charge in [0.2, 0.25) is 9.84 Å². The second kappa shape index (κ2) is 3.63. The summed E-state index contributed by atoms with van der Waals surface area (Å²) in [5.41, 5.74) is 6.02. The number of rotatable bonds is 2. The summed E-state index contributed by atoms with van der Waals surface area (Å²) in [5, 5.41) is 0.536. The molecule has 0 atom stereocenters. The van der Waals surface area contributed by atoms with Gasteiger partial charge >= 0.3 is 0 Å². The summed E-state index contributed by atoms with van der Waals surface area (Å²) in [5.74, 6) is 0. The molecule has 0 unspecified atom stereocenters. The Labute approximate surface area is 93.5 Å². The first kappa shape index (κ1) is 10.7. The zero-order valence-corrected chi connectivity index (χ0v) is 9.48. The number of nitrogens with two attached hydrogens (primary N) is 1. The van der Waals surface area contributed by atoms with Crippen LogP contribution in [-0.4, -0.2) is 15.0 Å². The Morgan fingerprint density at radius 2 is 2.07 bits per heavy atom. The average Bonchev–Trinajstić information content (AvgIpc) is 2.39. The van der Waals surface area contributed by atoms with Crippen LogP contribution < -0.4 is 5.73 Å². The molecule has 0 amide bonds. The third-order valence-corrected chi connectivity index (χ3v) is 4.51. The van der Waals surface area contributed by atoms with Gasteiger partial charge in [-0.3, -0.25) is 0 Å². The summed E-state index contributed by atoms with van der Waals surface area (Å²) in [6, 6.07) is 4.77. The molecule has 1 heterocycles.